The van der Waals surface area contributed by atoms with Crippen LogP contribution in [0.5, 0.6) is 11.6 Å². The van der Waals surface area contributed by atoms with Crippen LogP contribution in [0.1, 0.15) is 17.0 Å². The van der Waals surface area contributed by atoms with Crippen LogP contribution in [-0.2, 0) is 4.79 Å². The first kappa shape index (κ1) is 23.0. The van der Waals surface area contributed by atoms with Gasteiger partial charge in [0.2, 0.25) is 11.8 Å². The van der Waals surface area contributed by atoms with Crippen molar-refractivity contribution in [2.45, 2.75) is 5.92 Å². The molecule has 0 unspecified atom stereocenters. The Bertz CT molecular complexity index is 1410. The van der Waals surface area contributed by atoms with Crippen molar-refractivity contribution in [1.82, 2.24) is 25.1 Å². The fourth-order valence-electron chi connectivity index (χ4n) is 4.01. The number of aromatic nitrogens is 4. The van der Waals surface area contributed by atoms with Crippen LogP contribution in [-0.4, -0.2) is 46.0 Å². The van der Waals surface area contributed by atoms with Gasteiger partial charge in [0.05, 0.1) is 19.6 Å². The molecule has 180 valence electrons. The molecular weight excluding hydrogens is 454 g/mol. The lowest BCUT2D eigenvalue weighted by Gasteiger charge is -2.18. The number of hydrogen-bond donors (Lipinski definition) is 1. The van der Waals surface area contributed by atoms with Crippen LogP contribution in [0.2, 0.25) is 0 Å². The molecule has 0 aliphatic carbocycles. The first-order valence-corrected chi connectivity index (χ1v) is 11.6. The van der Waals surface area contributed by atoms with Crippen molar-refractivity contribution in [3.05, 3.63) is 108 Å². The van der Waals surface area contributed by atoms with Crippen molar-refractivity contribution in [3.63, 3.8) is 0 Å². The summed E-state index contributed by atoms with van der Waals surface area (Å²) in [5.74, 6) is 1.22. The lowest BCUT2D eigenvalue weighted by Crippen LogP contribution is -2.33. The second-order valence-corrected chi connectivity index (χ2v) is 8.09. The summed E-state index contributed by atoms with van der Waals surface area (Å²) in [5, 5.41) is 16.0. The third-order valence-corrected chi connectivity index (χ3v) is 5.75. The normalized spacial score (nSPS) is 10.9. The molecule has 8 nitrogen and oxygen atoms in total. The predicted molar refractivity (Wildman–Crippen MR) is 136 cm³/mol. The van der Waals surface area contributed by atoms with Gasteiger partial charge < -0.3 is 14.8 Å². The summed E-state index contributed by atoms with van der Waals surface area (Å²) >= 11 is 0. The van der Waals surface area contributed by atoms with E-state index in [9.17, 15) is 4.79 Å². The van der Waals surface area contributed by atoms with E-state index in [1.165, 1.54) is 0 Å². The summed E-state index contributed by atoms with van der Waals surface area (Å²) in [6.45, 7) is 0.594. The fraction of sp³-hybridized carbons (Fsp3) is 0.143. The Hall–Kier alpha value is -4.72. The van der Waals surface area contributed by atoms with Gasteiger partial charge in [-0.15, -0.1) is 15.3 Å². The van der Waals surface area contributed by atoms with Gasteiger partial charge in [-0.1, -0.05) is 72.8 Å². The zero-order valence-corrected chi connectivity index (χ0v) is 19.7. The van der Waals surface area contributed by atoms with Crippen LogP contribution in [0.4, 0.5) is 0 Å². The van der Waals surface area contributed by atoms with Crippen LogP contribution in [0.15, 0.2) is 97.1 Å². The van der Waals surface area contributed by atoms with Crippen LogP contribution in [0.3, 0.4) is 0 Å². The highest BCUT2D eigenvalue weighted by molar-refractivity contribution is 5.87. The van der Waals surface area contributed by atoms with Crippen LogP contribution < -0.4 is 14.8 Å². The van der Waals surface area contributed by atoms with Gasteiger partial charge in [-0.3, -0.25) is 4.79 Å². The summed E-state index contributed by atoms with van der Waals surface area (Å²) in [5.41, 5.74) is 3.30. The van der Waals surface area contributed by atoms with Crippen molar-refractivity contribution in [1.29, 1.82) is 0 Å². The number of amides is 1. The second kappa shape index (κ2) is 10.7. The van der Waals surface area contributed by atoms with Crippen LogP contribution in [0.25, 0.3) is 17.0 Å². The van der Waals surface area contributed by atoms with Crippen molar-refractivity contribution in [2.24, 2.45) is 0 Å². The maximum absolute atomic E-state index is 13.1. The summed E-state index contributed by atoms with van der Waals surface area (Å²) in [6.07, 6.45) is 0. The van der Waals surface area contributed by atoms with E-state index < -0.39 is 5.92 Å². The Balaban J connectivity index is 1.25. The SMILES string of the molecule is COc1cccc(-c2nnc3ccc(OCCNC(=O)C(c4ccccc4)c4ccccc4)nn23)c1. The monoisotopic (exact) mass is 479 g/mol. The van der Waals surface area contributed by atoms with E-state index in [2.05, 4.69) is 20.6 Å². The topological polar surface area (TPSA) is 90.6 Å². The molecule has 0 radical (unpaired) electrons. The second-order valence-electron chi connectivity index (χ2n) is 8.09. The summed E-state index contributed by atoms with van der Waals surface area (Å²) in [4.78, 5) is 13.1. The number of nitrogens with one attached hydrogen (secondary N) is 1. The standard InChI is InChI=1S/C28H25N5O3/c1-35-23-14-8-13-22(19-23)27-31-30-24-15-16-25(32-33(24)27)36-18-17-29-28(34)26(20-9-4-2-5-10-20)21-11-6-3-7-12-21/h2-16,19,26H,17-18H2,1H3,(H,29,34). The van der Waals surface area contributed by atoms with Gasteiger partial charge in [0.1, 0.15) is 12.4 Å². The van der Waals surface area contributed by atoms with Crippen molar-refractivity contribution in [3.8, 4) is 23.0 Å². The third kappa shape index (κ3) is 5.02. The zero-order valence-electron chi connectivity index (χ0n) is 19.7. The minimum Gasteiger partial charge on any atom is -0.497 e. The van der Waals surface area contributed by atoms with E-state index in [0.717, 1.165) is 22.4 Å². The lowest BCUT2D eigenvalue weighted by atomic mass is 9.90. The number of fused-ring (bicyclic) bond motifs is 1. The number of rotatable bonds is 9. The molecule has 3 aromatic carbocycles. The molecule has 0 aliphatic rings. The van der Waals surface area contributed by atoms with E-state index in [-0.39, 0.29) is 12.5 Å². The number of hydrogen-bond acceptors (Lipinski definition) is 6. The van der Waals surface area contributed by atoms with Crippen molar-refractivity contribution >= 4 is 11.6 Å². The van der Waals surface area contributed by atoms with Crippen LogP contribution in [0, 0.1) is 0 Å². The molecule has 2 aromatic heterocycles. The molecule has 0 spiro atoms. The van der Waals surface area contributed by atoms with Gasteiger partial charge in [-0.25, -0.2) is 0 Å². The Kier molecular flexibility index (Phi) is 6.84. The highest BCUT2D eigenvalue weighted by Crippen LogP contribution is 2.25. The Labute approximate surface area is 208 Å². The van der Waals surface area contributed by atoms with Gasteiger partial charge in [0, 0.05) is 11.6 Å². The lowest BCUT2D eigenvalue weighted by molar-refractivity contribution is -0.121. The molecule has 1 N–H and O–H groups in total. The Morgan fingerprint density at radius 2 is 1.61 bits per heavy atom. The Morgan fingerprint density at radius 1 is 0.889 bits per heavy atom. The average molecular weight is 480 g/mol. The summed E-state index contributed by atoms with van der Waals surface area (Å²) < 4.78 is 12.8. The zero-order chi connectivity index (χ0) is 24.7. The maximum atomic E-state index is 13.1. The maximum Gasteiger partial charge on any atom is 0.232 e. The van der Waals surface area contributed by atoms with Gasteiger partial charge >= 0.3 is 0 Å². The highest BCUT2D eigenvalue weighted by atomic mass is 16.5. The molecule has 8 heteroatoms. The molecule has 5 aromatic rings. The van der Waals surface area contributed by atoms with E-state index in [4.69, 9.17) is 9.47 Å². The summed E-state index contributed by atoms with van der Waals surface area (Å²) in [6, 6.07) is 30.6. The average Bonchev–Trinajstić information content (AvgIpc) is 3.36. The molecule has 36 heavy (non-hydrogen) atoms. The minimum atomic E-state index is -0.399. The first-order chi connectivity index (χ1) is 17.7. The van der Waals surface area contributed by atoms with Crippen LogP contribution >= 0.6 is 0 Å². The third-order valence-electron chi connectivity index (χ3n) is 5.75. The molecule has 1 amide bonds. The molecule has 0 saturated heterocycles. The van der Waals surface area contributed by atoms with E-state index in [1.807, 2.05) is 84.9 Å². The predicted octanol–water partition coefficient (Wildman–Crippen LogP) is 4.13. The quantitative estimate of drug-likeness (QED) is 0.320. The van der Waals surface area contributed by atoms with E-state index in [0.29, 0.717) is 23.9 Å². The number of carbonyl (C=O) groups excluding carboxylic acids is 1. The molecule has 0 aliphatic heterocycles. The van der Waals surface area contributed by atoms with Gasteiger partial charge in [-0.05, 0) is 29.3 Å². The largest absolute Gasteiger partial charge is 0.497 e. The molecule has 0 fully saturated rings. The fourth-order valence-corrected chi connectivity index (χ4v) is 4.01. The number of benzene rings is 3. The Morgan fingerprint density at radius 3 is 2.31 bits per heavy atom. The van der Waals surface area contributed by atoms with Gasteiger partial charge in [0.15, 0.2) is 11.5 Å². The van der Waals surface area contributed by atoms with E-state index in [1.54, 1.807) is 23.8 Å². The first-order valence-electron chi connectivity index (χ1n) is 11.6. The highest BCUT2D eigenvalue weighted by Gasteiger charge is 2.22. The minimum absolute atomic E-state index is 0.0847. The number of nitrogens with zero attached hydrogens (tertiary/aromatic N) is 4. The van der Waals surface area contributed by atoms with Crippen molar-refractivity contribution < 1.29 is 14.3 Å². The number of carbonyl (C=O) groups is 1. The molecule has 0 bridgehead atoms. The molecular formula is C28H25N5O3. The molecule has 5 rings (SSSR count). The van der Waals surface area contributed by atoms with E-state index >= 15 is 0 Å². The molecule has 0 saturated carbocycles. The van der Waals surface area contributed by atoms with Gasteiger partial charge in [-0.2, -0.15) is 4.52 Å². The smallest absolute Gasteiger partial charge is 0.232 e. The number of ether oxygens (including phenoxy) is 2. The summed E-state index contributed by atoms with van der Waals surface area (Å²) in [7, 11) is 1.62. The molecule has 2 heterocycles. The van der Waals surface area contributed by atoms with Gasteiger partial charge in [0.25, 0.3) is 0 Å². The molecule has 0 atom stereocenters. The van der Waals surface area contributed by atoms with Crippen molar-refractivity contribution in [2.75, 3.05) is 20.3 Å². The number of methoxy groups -OCH3 is 1.